The van der Waals surface area contributed by atoms with Crippen LogP contribution in [0, 0.1) is 0 Å². The fourth-order valence-corrected chi connectivity index (χ4v) is 6.68. The first-order valence-corrected chi connectivity index (χ1v) is 11.0. The Labute approximate surface area is 176 Å². The molecule has 0 aliphatic rings. The number of hydrogen-bond donors (Lipinski definition) is 0. The second-order valence-corrected chi connectivity index (χ2v) is 9.67. The minimum atomic E-state index is 1.17. The quantitative estimate of drug-likeness (QED) is 0.189. The van der Waals surface area contributed by atoms with Crippen molar-refractivity contribution >= 4 is 107 Å². The second kappa shape index (κ2) is 4.42. The lowest BCUT2D eigenvalue weighted by atomic mass is 9.96. The average molecular weight is 482 g/mol. The summed E-state index contributed by atoms with van der Waals surface area (Å²) in [5.41, 5.74) is 0. The highest BCUT2D eigenvalue weighted by Crippen LogP contribution is 2.53. The van der Waals surface area contributed by atoms with Crippen LogP contribution in [-0.4, -0.2) is 0 Å². The molecule has 0 heterocycles. The molecule has 8 aromatic rings. The molecule has 128 valence electrons. The van der Waals surface area contributed by atoms with Crippen LogP contribution in [0.2, 0.25) is 0 Å². The molecule has 0 spiro atoms. The minimum Gasteiger partial charge on any atom is -0.0537 e. The molecule has 0 unspecified atom stereocenters. The maximum absolute atomic E-state index is 3.77. The molecule has 0 atom stereocenters. The maximum atomic E-state index is 3.77. The van der Waals surface area contributed by atoms with Gasteiger partial charge in [0.15, 0.2) is 0 Å². The van der Waals surface area contributed by atoms with E-state index in [1.165, 1.54) is 84.4 Å². The highest BCUT2D eigenvalue weighted by molar-refractivity contribution is 9.11. The summed E-state index contributed by atoms with van der Waals surface area (Å²) in [6.45, 7) is 0. The lowest BCUT2D eigenvalue weighted by Crippen LogP contribution is -1.79. The Bertz CT molecular complexity index is 1740. The van der Waals surface area contributed by atoms with Crippen molar-refractivity contribution in [2.45, 2.75) is 0 Å². The average Bonchev–Trinajstić information content (AvgIpc) is 3.22. The third kappa shape index (κ3) is 1.37. The van der Waals surface area contributed by atoms with Crippen molar-refractivity contribution in [3.63, 3.8) is 0 Å². The van der Waals surface area contributed by atoms with Crippen LogP contribution >= 0.6 is 31.9 Å². The predicted molar refractivity (Wildman–Crippen MR) is 129 cm³/mol. The Balaban J connectivity index is 1.89. The number of hydrogen-bond acceptors (Lipinski definition) is 0. The van der Waals surface area contributed by atoms with Crippen LogP contribution in [0.15, 0.2) is 69.6 Å². The molecule has 0 fully saturated rings. The lowest BCUT2D eigenvalue weighted by Gasteiger charge is -2.07. The van der Waals surface area contributed by atoms with Crippen LogP contribution in [-0.2, 0) is 0 Å². The minimum absolute atomic E-state index is 1.17. The first kappa shape index (κ1) is 14.6. The molecule has 2 heteroatoms. The van der Waals surface area contributed by atoms with Gasteiger partial charge in [0.2, 0.25) is 0 Å². The number of fused-ring (bicyclic) bond motifs is 2. The van der Waals surface area contributed by atoms with Gasteiger partial charge in [-0.3, -0.25) is 0 Å². The first-order valence-electron chi connectivity index (χ1n) is 9.43. The van der Waals surface area contributed by atoms with Gasteiger partial charge in [-0.05, 0) is 99.7 Å². The van der Waals surface area contributed by atoms with Crippen molar-refractivity contribution in [3.8, 4) is 0 Å². The Morgan fingerprint density at radius 2 is 0.786 bits per heavy atom. The van der Waals surface area contributed by atoms with Gasteiger partial charge >= 0.3 is 0 Å². The lowest BCUT2D eigenvalue weighted by molar-refractivity contribution is 1.79. The highest BCUT2D eigenvalue weighted by atomic mass is 79.9. The van der Waals surface area contributed by atoms with Gasteiger partial charge in [-0.2, -0.15) is 0 Å². The Morgan fingerprint density at radius 1 is 0.357 bits per heavy atom. The van der Waals surface area contributed by atoms with Crippen molar-refractivity contribution < 1.29 is 0 Å². The Kier molecular flexibility index (Phi) is 2.30. The summed E-state index contributed by atoms with van der Waals surface area (Å²) in [4.78, 5) is 0. The summed E-state index contributed by atoms with van der Waals surface area (Å²) in [6.07, 6.45) is 0. The van der Waals surface area contributed by atoms with E-state index in [4.69, 9.17) is 0 Å². The SMILES string of the molecule is Brc1ccc2c3cc4ccc5c(Br)ccc6c7cc8ccc1c2c8c3c7c4c56. The molecule has 8 aromatic carbocycles. The Hall–Kier alpha value is -2.42. The zero-order chi connectivity index (χ0) is 18.3. The van der Waals surface area contributed by atoms with Crippen LogP contribution in [0.3, 0.4) is 0 Å². The summed E-state index contributed by atoms with van der Waals surface area (Å²) in [7, 11) is 0. The van der Waals surface area contributed by atoms with Gasteiger partial charge in [-0.25, -0.2) is 0 Å². The van der Waals surface area contributed by atoms with Crippen molar-refractivity contribution in [3.05, 3.63) is 69.6 Å². The topological polar surface area (TPSA) is 0 Å². The number of halogens is 2. The number of rotatable bonds is 0. The van der Waals surface area contributed by atoms with E-state index in [-0.39, 0.29) is 0 Å². The molecule has 0 radical (unpaired) electrons. The van der Waals surface area contributed by atoms with E-state index in [9.17, 15) is 0 Å². The molecule has 0 nitrogen and oxygen atoms in total. The standard InChI is InChI=1S/C26H10Br2/c27-19-7-5-14-18-10-12-2-4-16-20(28)8-6-13-17-9-11-1-3-15(19)23(14)21(11)25(18)26(17)22(12)24(13)16/h1-10H. The van der Waals surface area contributed by atoms with E-state index >= 15 is 0 Å². The second-order valence-electron chi connectivity index (χ2n) is 7.96. The van der Waals surface area contributed by atoms with Gasteiger partial charge in [-0.15, -0.1) is 0 Å². The maximum Gasteiger partial charge on any atom is 0.0254 e. The van der Waals surface area contributed by atoms with Crippen molar-refractivity contribution in [2.75, 3.05) is 0 Å². The molecule has 0 aromatic heterocycles. The van der Waals surface area contributed by atoms with E-state index in [1.807, 2.05) is 0 Å². The largest absolute Gasteiger partial charge is 0.0537 e. The third-order valence-corrected chi connectivity index (χ3v) is 8.17. The van der Waals surface area contributed by atoms with Crippen LogP contribution < -0.4 is 0 Å². The zero-order valence-electron chi connectivity index (χ0n) is 14.5. The first-order chi connectivity index (χ1) is 13.7. The van der Waals surface area contributed by atoms with Crippen LogP contribution in [0.5, 0.6) is 0 Å². The van der Waals surface area contributed by atoms with Gasteiger partial charge in [0.1, 0.15) is 0 Å². The van der Waals surface area contributed by atoms with Crippen molar-refractivity contribution in [2.24, 2.45) is 0 Å². The molecule has 8 rings (SSSR count). The van der Waals surface area contributed by atoms with Crippen LogP contribution in [0.4, 0.5) is 0 Å². The van der Waals surface area contributed by atoms with Gasteiger partial charge in [0.05, 0.1) is 0 Å². The molecular formula is C26H10Br2. The highest BCUT2D eigenvalue weighted by Gasteiger charge is 2.24. The molecule has 0 N–H and O–H groups in total. The van der Waals surface area contributed by atoms with E-state index in [0.29, 0.717) is 0 Å². The van der Waals surface area contributed by atoms with Crippen LogP contribution in [0.25, 0.3) is 75.4 Å². The summed E-state index contributed by atoms with van der Waals surface area (Å²) in [6, 6.07) is 22.9. The van der Waals surface area contributed by atoms with Crippen LogP contribution in [0.1, 0.15) is 0 Å². The summed E-state index contributed by atoms with van der Waals surface area (Å²) in [5.74, 6) is 0. The van der Waals surface area contributed by atoms with Gasteiger partial charge in [-0.1, -0.05) is 68.3 Å². The monoisotopic (exact) mass is 480 g/mol. The summed E-state index contributed by atoms with van der Waals surface area (Å²) >= 11 is 7.55. The van der Waals surface area contributed by atoms with E-state index in [1.54, 1.807) is 0 Å². The molecule has 0 aliphatic carbocycles. The molecule has 0 aliphatic heterocycles. The number of benzene rings is 6. The Morgan fingerprint density at radius 3 is 1.25 bits per heavy atom. The van der Waals surface area contributed by atoms with Crippen molar-refractivity contribution in [1.29, 1.82) is 0 Å². The molecule has 0 saturated heterocycles. The third-order valence-electron chi connectivity index (χ3n) is 6.79. The van der Waals surface area contributed by atoms with E-state index < -0.39 is 0 Å². The van der Waals surface area contributed by atoms with Gasteiger partial charge in [0.25, 0.3) is 0 Å². The molecule has 0 bridgehead atoms. The summed E-state index contributed by atoms with van der Waals surface area (Å²) in [5, 5.41) is 19.4. The smallest absolute Gasteiger partial charge is 0.0254 e. The fourth-order valence-electron chi connectivity index (χ4n) is 5.75. The van der Waals surface area contributed by atoms with Gasteiger partial charge < -0.3 is 0 Å². The molecule has 0 amide bonds. The predicted octanol–water partition coefficient (Wildman–Crippen LogP) is 9.04. The van der Waals surface area contributed by atoms with Gasteiger partial charge in [0, 0.05) is 8.95 Å². The summed E-state index contributed by atoms with van der Waals surface area (Å²) < 4.78 is 2.35. The zero-order valence-corrected chi connectivity index (χ0v) is 17.7. The van der Waals surface area contributed by atoms with E-state index in [2.05, 4.69) is 92.5 Å². The normalized spacial score (nSPS) is 13.4. The molecular weight excluding hydrogens is 472 g/mol. The molecule has 28 heavy (non-hydrogen) atoms. The fraction of sp³-hybridized carbons (Fsp3) is 0. The van der Waals surface area contributed by atoms with Crippen molar-refractivity contribution in [1.82, 2.24) is 0 Å². The molecule has 0 saturated carbocycles. The van der Waals surface area contributed by atoms with E-state index in [0.717, 1.165) is 0 Å².